The number of carbonyl (C=O) groups is 1. The van der Waals surface area contributed by atoms with Gasteiger partial charge in [0, 0.05) is 17.9 Å². The molecule has 0 radical (unpaired) electrons. The van der Waals surface area contributed by atoms with Crippen LogP contribution in [-0.2, 0) is 9.47 Å². The molecular formula is C22H35NO4. The van der Waals surface area contributed by atoms with Crippen LogP contribution in [0.1, 0.15) is 71.6 Å². The van der Waals surface area contributed by atoms with Crippen LogP contribution >= 0.6 is 0 Å². The number of rotatable bonds is 1. The van der Waals surface area contributed by atoms with E-state index in [4.69, 9.17) is 14.6 Å². The van der Waals surface area contributed by atoms with E-state index in [1.165, 1.54) is 38.5 Å². The highest BCUT2D eigenvalue weighted by molar-refractivity contribution is 5.64. The SMILES string of the molecule is C[C@]12CC[C@H](NC(=O)O)CC1CC[C@@H]1[C@@H]2CC[C@@]2(C)[C@H]1CCC21OCCO1. The van der Waals surface area contributed by atoms with Gasteiger partial charge in [0.1, 0.15) is 0 Å². The van der Waals surface area contributed by atoms with Gasteiger partial charge in [-0.15, -0.1) is 0 Å². The van der Waals surface area contributed by atoms with E-state index in [-0.39, 0.29) is 17.2 Å². The Morgan fingerprint density at radius 3 is 2.44 bits per heavy atom. The first-order valence-corrected chi connectivity index (χ1v) is 11.2. The van der Waals surface area contributed by atoms with E-state index in [0.29, 0.717) is 11.3 Å². The van der Waals surface area contributed by atoms with Crippen molar-refractivity contribution in [3.05, 3.63) is 0 Å². The van der Waals surface area contributed by atoms with Crippen molar-refractivity contribution in [2.24, 2.45) is 34.5 Å². The van der Waals surface area contributed by atoms with Crippen molar-refractivity contribution >= 4 is 6.09 Å². The lowest BCUT2D eigenvalue weighted by atomic mass is 9.45. The normalized spacial score (nSPS) is 50.7. The van der Waals surface area contributed by atoms with E-state index in [9.17, 15) is 4.79 Å². The molecule has 0 aromatic heterocycles. The quantitative estimate of drug-likeness (QED) is 0.710. The van der Waals surface area contributed by atoms with Gasteiger partial charge < -0.3 is 19.9 Å². The molecule has 1 spiro atoms. The molecule has 1 aliphatic heterocycles. The number of amides is 1. The summed E-state index contributed by atoms with van der Waals surface area (Å²) < 4.78 is 12.5. The molecule has 2 N–H and O–H groups in total. The number of hydrogen-bond donors (Lipinski definition) is 2. The van der Waals surface area contributed by atoms with Crippen molar-refractivity contribution < 1.29 is 19.4 Å². The topological polar surface area (TPSA) is 67.8 Å². The molecule has 0 aromatic rings. The van der Waals surface area contributed by atoms with Gasteiger partial charge in [0.15, 0.2) is 5.79 Å². The molecule has 1 amide bonds. The molecule has 1 unspecified atom stereocenters. The summed E-state index contributed by atoms with van der Waals surface area (Å²) >= 11 is 0. The minimum Gasteiger partial charge on any atom is -0.465 e. The van der Waals surface area contributed by atoms with E-state index in [2.05, 4.69) is 19.2 Å². The Hall–Kier alpha value is -0.810. The summed E-state index contributed by atoms with van der Waals surface area (Å²) in [5.74, 6) is 2.67. The van der Waals surface area contributed by atoms with Crippen molar-refractivity contribution in [1.29, 1.82) is 0 Å². The Labute approximate surface area is 162 Å². The zero-order valence-corrected chi connectivity index (χ0v) is 16.8. The summed E-state index contributed by atoms with van der Waals surface area (Å²) in [6, 6.07) is 0.154. The van der Waals surface area contributed by atoms with E-state index in [1.807, 2.05) is 0 Å². The van der Waals surface area contributed by atoms with Crippen LogP contribution in [0, 0.1) is 34.5 Å². The summed E-state index contributed by atoms with van der Waals surface area (Å²) in [5.41, 5.74) is 0.560. The molecule has 27 heavy (non-hydrogen) atoms. The Morgan fingerprint density at radius 2 is 1.70 bits per heavy atom. The second-order valence-corrected chi connectivity index (χ2v) is 10.5. The molecule has 1 saturated heterocycles. The van der Waals surface area contributed by atoms with Gasteiger partial charge in [-0.1, -0.05) is 13.8 Å². The van der Waals surface area contributed by atoms with E-state index >= 15 is 0 Å². The van der Waals surface area contributed by atoms with Gasteiger partial charge >= 0.3 is 6.09 Å². The Balaban J connectivity index is 1.37. The van der Waals surface area contributed by atoms with Crippen LogP contribution in [0.5, 0.6) is 0 Å². The van der Waals surface area contributed by atoms with Gasteiger partial charge in [-0.2, -0.15) is 0 Å². The van der Waals surface area contributed by atoms with Crippen molar-refractivity contribution in [2.45, 2.75) is 83.5 Å². The Bertz CT molecular complexity index is 617. The lowest BCUT2D eigenvalue weighted by Crippen LogP contribution is -2.57. The summed E-state index contributed by atoms with van der Waals surface area (Å²) in [4.78, 5) is 11.1. The van der Waals surface area contributed by atoms with Gasteiger partial charge in [0.05, 0.1) is 13.2 Å². The summed E-state index contributed by atoms with van der Waals surface area (Å²) in [7, 11) is 0. The van der Waals surface area contributed by atoms with Crippen molar-refractivity contribution in [3.8, 4) is 0 Å². The summed E-state index contributed by atoms with van der Waals surface area (Å²) in [5, 5.41) is 11.9. The molecule has 5 fully saturated rings. The maximum Gasteiger partial charge on any atom is 0.404 e. The van der Waals surface area contributed by atoms with E-state index in [1.54, 1.807) is 0 Å². The second kappa shape index (κ2) is 6.09. The zero-order chi connectivity index (χ0) is 18.9. The predicted octanol–water partition coefficient (Wildman–Crippen LogP) is 4.41. The average Bonchev–Trinajstić information content (AvgIpc) is 3.21. The van der Waals surface area contributed by atoms with Gasteiger partial charge in [-0.3, -0.25) is 0 Å². The highest BCUT2D eigenvalue weighted by Crippen LogP contribution is 2.69. The molecule has 4 aliphatic carbocycles. The number of hydrogen-bond acceptors (Lipinski definition) is 3. The third-order valence-electron chi connectivity index (χ3n) is 9.79. The molecule has 5 nitrogen and oxygen atoms in total. The highest BCUT2D eigenvalue weighted by Gasteiger charge is 2.67. The van der Waals surface area contributed by atoms with E-state index in [0.717, 1.165) is 50.2 Å². The van der Waals surface area contributed by atoms with Crippen LogP contribution in [0.4, 0.5) is 4.79 Å². The van der Waals surface area contributed by atoms with Crippen LogP contribution < -0.4 is 5.32 Å². The van der Waals surface area contributed by atoms with Crippen LogP contribution in [0.2, 0.25) is 0 Å². The van der Waals surface area contributed by atoms with Crippen molar-refractivity contribution in [1.82, 2.24) is 5.32 Å². The number of nitrogens with one attached hydrogen (secondary N) is 1. The average molecular weight is 378 g/mol. The first kappa shape index (κ1) is 18.2. The van der Waals surface area contributed by atoms with Gasteiger partial charge in [-0.05, 0) is 80.5 Å². The molecule has 0 bridgehead atoms. The molecule has 5 rings (SSSR count). The monoisotopic (exact) mass is 377 g/mol. The summed E-state index contributed by atoms with van der Waals surface area (Å²) in [6.45, 7) is 6.50. The maximum absolute atomic E-state index is 11.1. The van der Waals surface area contributed by atoms with Crippen molar-refractivity contribution in [3.63, 3.8) is 0 Å². The number of fused-ring (bicyclic) bond motifs is 6. The molecule has 0 aromatic carbocycles. The zero-order valence-electron chi connectivity index (χ0n) is 16.8. The Morgan fingerprint density at radius 1 is 0.963 bits per heavy atom. The van der Waals surface area contributed by atoms with E-state index < -0.39 is 6.09 Å². The second-order valence-electron chi connectivity index (χ2n) is 10.5. The smallest absolute Gasteiger partial charge is 0.404 e. The minimum absolute atomic E-state index is 0.154. The Kier molecular flexibility index (Phi) is 4.11. The van der Waals surface area contributed by atoms with Crippen LogP contribution in [0.25, 0.3) is 0 Å². The predicted molar refractivity (Wildman–Crippen MR) is 101 cm³/mol. The third-order valence-corrected chi connectivity index (χ3v) is 9.79. The molecule has 4 saturated carbocycles. The standard InChI is InChI=1S/C22H35NO4/c1-20-8-5-15(23-19(24)25)13-14(20)3-4-16-17(20)6-9-21(2)18(16)7-10-22(21)26-11-12-27-22/h14-18,23H,3-13H2,1-2H3,(H,24,25)/t14?,15-,16+,17-,18-,20-,21-/m0/s1. The first-order valence-electron chi connectivity index (χ1n) is 11.2. The minimum atomic E-state index is -0.862. The lowest BCUT2D eigenvalue weighted by Gasteiger charge is -2.61. The first-order chi connectivity index (χ1) is 12.9. The van der Waals surface area contributed by atoms with Gasteiger partial charge in [-0.25, -0.2) is 4.79 Å². The van der Waals surface area contributed by atoms with Gasteiger partial charge in [0.25, 0.3) is 0 Å². The molecule has 7 atom stereocenters. The largest absolute Gasteiger partial charge is 0.465 e. The lowest BCUT2D eigenvalue weighted by molar-refractivity contribution is -0.247. The summed E-state index contributed by atoms with van der Waals surface area (Å²) in [6.07, 6.45) is 9.74. The number of ether oxygens (including phenoxy) is 2. The van der Waals surface area contributed by atoms with Crippen LogP contribution in [0.3, 0.4) is 0 Å². The molecule has 5 heteroatoms. The third kappa shape index (κ3) is 2.46. The van der Waals surface area contributed by atoms with Gasteiger partial charge in [0.2, 0.25) is 0 Å². The van der Waals surface area contributed by atoms with Crippen LogP contribution in [0.15, 0.2) is 0 Å². The highest BCUT2D eigenvalue weighted by atomic mass is 16.7. The molecular weight excluding hydrogens is 342 g/mol. The molecule has 152 valence electrons. The molecule has 1 heterocycles. The fourth-order valence-corrected chi connectivity index (χ4v) is 8.45. The molecule has 5 aliphatic rings. The fraction of sp³-hybridized carbons (Fsp3) is 0.955. The van der Waals surface area contributed by atoms with Crippen molar-refractivity contribution in [2.75, 3.05) is 13.2 Å². The number of carboxylic acid groups (broad SMARTS) is 1. The fourth-order valence-electron chi connectivity index (χ4n) is 8.45. The maximum atomic E-state index is 11.1. The van der Waals surface area contributed by atoms with Crippen LogP contribution in [-0.4, -0.2) is 36.2 Å².